The molecule has 0 spiro atoms. The second kappa shape index (κ2) is 3.30. The van der Waals surface area contributed by atoms with E-state index in [0.29, 0.717) is 3.70 Å². The highest BCUT2D eigenvalue weighted by molar-refractivity contribution is 14.1. The lowest BCUT2D eigenvalue weighted by atomic mass is 11.0. The van der Waals surface area contributed by atoms with Gasteiger partial charge in [0.1, 0.15) is 10.0 Å². The lowest BCUT2D eigenvalue weighted by Crippen LogP contribution is -2.29. The molecule has 1 heterocycles. The largest absolute Gasteiger partial charge is 0.309 e. The SMILES string of the molecule is CN(C)S(=O)(=O)n1cncc1I. The van der Waals surface area contributed by atoms with Crippen LogP contribution in [0.4, 0.5) is 0 Å². The van der Waals surface area contributed by atoms with Crippen LogP contribution in [0.3, 0.4) is 0 Å². The van der Waals surface area contributed by atoms with E-state index in [0.717, 1.165) is 8.28 Å². The summed E-state index contributed by atoms with van der Waals surface area (Å²) in [6.07, 6.45) is 2.76. The molecule has 0 saturated carbocycles. The lowest BCUT2D eigenvalue weighted by molar-refractivity contribution is 0.509. The summed E-state index contributed by atoms with van der Waals surface area (Å²) >= 11 is 1.91. The summed E-state index contributed by atoms with van der Waals surface area (Å²) in [5.74, 6) is 0. The Kier molecular flexibility index (Phi) is 2.74. The van der Waals surface area contributed by atoms with Gasteiger partial charge in [0.2, 0.25) is 0 Å². The van der Waals surface area contributed by atoms with Gasteiger partial charge in [0.05, 0.1) is 6.20 Å². The zero-order valence-corrected chi connectivity index (χ0v) is 9.57. The smallest absolute Gasteiger partial charge is 0.243 e. The van der Waals surface area contributed by atoms with Crippen LogP contribution in [0, 0.1) is 3.70 Å². The van der Waals surface area contributed by atoms with Crippen LogP contribution in [0.25, 0.3) is 0 Å². The van der Waals surface area contributed by atoms with Crippen molar-refractivity contribution in [3.8, 4) is 0 Å². The summed E-state index contributed by atoms with van der Waals surface area (Å²) in [4.78, 5) is 3.72. The van der Waals surface area contributed by atoms with Crippen LogP contribution in [0.1, 0.15) is 0 Å². The highest BCUT2D eigenvalue weighted by Gasteiger charge is 2.17. The van der Waals surface area contributed by atoms with Gasteiger partial charge in [-0.05, 0) is 22.6 Å². The molecule has 0 saturated heterocycles. The summed E-state index contributed by atoms with van der Waals surface area (Å²) in [5.41, 5.74) is 0. The van der Waals surface area contributed by atoms with Crippen LogP contribution in [0.15, 0.2) is 12.5 Å². The van der Waals surface area contributed by atoms with Crippen LogP contribution in [0.5, 0.6) is 0 Å². The average molecular weight is 301 g/mol. The minimum absolute atomic E-state index is 0.571. The van der Waals surface area contributed by atoms with Crippen molar-refractivity contribution in [2.45, 2.75) is 0 Å². The normalized spacial score (nSPS) is 12.3. The maximum absolute atomic E-state index is 11.5. The zero-order chi connectivity index (χ0) is 9.35. The molecule has 0 amide bonds. The second-order valence-electron chi connectivity index (χ2n) is 2.30. The van der Waals surface area contributed by atoms with E-state index in [1.54, 1.807) is 0 Å². The Morgan fingerprint density at radius 3 is 2.50 bits per heavy atom. The molecule has 0 radical (unpaired) electrons. The molecule has 12 heavy (non-hydrogen) atoms. The highest BCUT2D eigenvalue weighted by atomic mass is 127. The fourth-order valence-corrected chi connectivity index (χ4v) is 2.44. The van der Waals surface area contributed by atoms with Crippen molar-refractivity contribution in [1.82, 2.24) is 13.3 Å². The minimum atomic E-state index is -3.38. The third-order valence-electron chi connectivity index (χ3n) is 1.27. The van der Waals surface area contributed by atoms with Crippen LogP contribution in [0.2, 0.25) is 0 Å². The predicted octanol–water partition coefficient (Wildman–Crippen LogP) is 0.142. The van der Waals surface area contributed by atoms with Crippen molar-refractivity contribution in [3.05, 3.63) is 16.2 Å². The first-order valence-electron chi connectivity index (χ1n) is 3.07. The highest BCUT2D eigenvalue weighted by Crippen LogP contribution is 2.08. The molecule has 0 aliphatic heterocycles. The van der Waals surface area contributed by atoms with Gasteiger partial charge in [-0.2, -0.15) is 12.7 Å². The van der Waals surface area contributed by atoms with E-state index in [1.807, 2.05) is 22.6 Å². The Labute approximate surface area is 84.7 Å². The molecule has 1 rings (SSSR count). The van der Waals surface area contributed by atoms with E-state index in [1.165, 1.54) is 26.6 Å². The van der Waals surface area contributed by atoms with Crippen molar-refractivity contribution in [2.24, 2.45) is 0 Å². The summed E-state index contributed by atoms with van der Waals surface area (Å²) in [7, 11) is -0.429. The molecule has 7 heteroatoms. The molecular formula is C5H8IN3O2S. The number of halogens is 1. The van der Waals surface area contributed by atoms with Crippen molar-refractivity contribution < 1.29 is 8.42 Å². The van der Waals surface area contributed by atoms with E-state index in [9.17, 15) is 8.42 Å². The van der Waals surface area contributed by atoms with E-state index >= 15 is 0 Å². The van der Waals surface area contributed by atoms with Gasteiger partial charge < -0.3 is 0 Å². The molecule has 0 atom stereocenters. The first kappa shape index (κ1) is 9.93. The Hall–Kier alpha value is -0.150. The fourth-order valence-electron chi connectivity index (χ4n) is 0.613. The molecule has 0 bridgehead atoms. The first-order chi connectivity index (χ1) is 5.46. The monoisotopic (exact) mass is 301 g/mol. The van der Waals surface area contributed by atoms with E-state index in [-0.39, 0.29) is 0 Å². The summed E-state index contributed by atoms with van der Waals surface area (Å²) in [6.45, 7) is 0. The Balaban J connectivity index is 3.24. The van der Waals surface area contributed by atoms with Crippen LogP contribution in [-0.4, -0.2) is 35.8 Å². The molecule has 1 aromatic heterocycles. The predicted molar refractivity (Wildman–Crippen MR) is 52.9 cm³/mol. The Bertz CT molecular complexity index is 370. The molecule has 68 valence electrons. The lowest BCUT2D eigenvalue weighted by Gasteiger charge is -2.11. The third kappa shape index (κ3) is 1.62. The van der Waals surface area contributed by atoms with Gasteiger partial charge in [-0.15, -0.1) is 0 Å². The first-order valence-corrected chi connectivity index (χ1v) is 5.54. The molecule has 0 unspecified atom stereocenters. The number of rotatable bonds is 2. The van der Waals surface area contributed by atoms with Gasteiger partial charge in [0.25, 0.3) is 0 Å². The van der Waals surface area contributed by atoms with Crippen molar-refractivity contribution >= 4 is 32.8 Å². The number of aromatic nitrogens is 2. The van der Waals surface area contributed by atoms with Gasteiger partial charge in [0.15, 0.2) is 0 Å². The molecule has 0 N–H and O–H groups in total. The average Bonchev–Trinajstić information content (AvgIpc) is 2.35. The van der Waals surface area contributed by atoms with Gasteiger partial charge >= 0.3 is 10.2 Å². The molecule has 0 aliphatic carbocycles. The standard InChI is InChI=1S/C5H8IN3O2S/c1-8(2)12(10,11)9-4-7-3-5(9)6/h3-4H,1-2H3. The quantitative estimate of drug-likeness (QED) is 0.730. The molecule has 1 aromatic rings. The van der Waals surface area contributed by atoms with Gasteiger partial charge in [0, 0.05) is 14.1 Å². The fraction of sp³-hybridized carbons (Fsp3) is 0.400. The molecule has 0 aromatic carbocycles. The number of nitrogens with zero attached hydrogens (tertiary/aromatic N) is 3. The summed E-state index contributed by atoms with van der Waals surface area (Å²) < 4.78 is 25.7. The Morgan fingerprint density at radius 1 is 1.58 bits per heavy atom. The number of imidazole rings is 1. The van der Waals surface area contributed by atoms with Gasteiger partial charge in [-0.1, -0.05) is 0 Å². The van der Waals surface area contributed by atoms with E-state index in [4.69, 9.17) is 0 Å². The van der Waals surface area contributed by atoms with E-state index < -0.39 is 10.2 Å². The minimum Gasteiger partial charge on any atom is -0.243 e. The molecule has 5 nitrogen and oxygen atoms in total. The van der Waals surface area contributed by atoms with Crippen molar-refractivity contribution in [2.75, 3.05) is 14.1 Å². The topological polar surface area (TPSA) is 55.2 Å². The van der Waals surface area contributed by atoms with Gasteiger partial charge in [-0.25, -0.2) is 8.96 Å². The number of hydrogen-bond donors (Lipinski definition) is 0. The Morgan fingerprint density at radius 2 is 2.17 bits per heavy atom. The summed E-state index contributed by atoms with van der Waals surface area (Å²) in [6, 6.07) is 0. The third-order valence-corrected chi connectivity index (χ3v) is 4.11. The van der Waals surface area contributed by atoms with Crippen LogP contribution < -0.4 is 0 Å². The van der Waals surface area contributed by atoms with E-state index in [2.05, 4.69) is 4.98 Å². The maximum atomic E-state index is 11.5. The van der Waals surface area contributed by atoms with Crippen molar-refractivity contribution in [3.63, 3.8) is 0 Å². The maximum Gasteiger partial charge on any atom is 0.309 e. The van der Waals surface area contributed by atoms with Gasteiger partial charge in [-0.3, -0.25) is 0 Å². The molecule has 0 aliphatic rings. The van der Waals surface area contributed by atoms with Crippen LogP contribution in [-0.2, 0) is 10.2 Å². The molecule has 0 fully saturated rings. The zero-order valence-electron chi connectivity index (χ0n) is 6.60. The van der Waals surface area contributed by atoms with Crippen LogP contribution >= 0.6 is 22.6 Å². The number of hydrogen-bond acceptors (Lipinski definition) is 3. The van der Waals surface area contributed by atoms with Crippen molar-refractivity contribution in [1.29, 1.82) is 0 Å². The molecular weight excluding hydrogens is 293 g/mol. The second-order valence-corrected chi connectivity index (χ2v) is 5.43. The summed E-state index contributed by atoms with van der Waals surface area (Å²) in [5, 5.41) is 0.